The Labute approximate surface area is 141 Å². The Morgan fingerprint density at radius 2 is 2.05 bits per heavy atom. The Morgan fingerprint density at radius 1 is 1.27 bits per heavy atom. The van der Waals surface area contributed by atoms with E-state index in [2.05, 4.69) is 21.6 Å². The Kier molecular flexibility index (Phi) is 6.64. The lowest BCUT2D eigenvalue weighted by Gasteiger charge is -2.27. The van der Waals surface area contributed by atoms with Crippen LogP contribution in [0.5, 0.6) is 0 Å². The maximum absolute atomic E-state index is 12.2. The number of carbonyl (C=O) groups is 1. The molecule has 0 spiro atoms. The second-order valence-corrected chi connectivity index (χ2v) is 6.26. The minimum absolute atomic E-state index is 0. The third kappa shape index (κ3) is 4.20. The molecular weight excluding hydrogens is 318 g/mol. The van der Waals surface area contributed by atoms with Crippen molar-refractivity contribution < 1.29 is 4.79 Å². The van der Waals surface area contributed by atoms with Crippen LogP contribution in [-0.4, -0.2) is 50.1 Å². The first-order valence-electron chi connectivity index (χ1n) is 7.52. The zero-order chi connectivity index (χ0) is 14.5. The highest BCUT2D eigenvalue weighted by Crippen LogP contribution is 2.25. The first kappa shape index (κ1) is 17.2. The monoisotopic (exact) mass is 339 g/mol. The van der Waals surface area contributed by atoms with Gasteiger partial charge in [-0.05, 0) is 19.0 Å². The van der Waals surface area contributed by atoms with Crippen LogP contribution in [0.2, 0.25) is 0 Å². The minimum atomic E-state index is 0. The number of hydrogen-bond donors (Lipinski definition) is 2. The number of nitrogens with one attached hydrogen (secondary N) is 2. The van der Waals surface area contributed by atoms with E-state index in [1.54, 1.807) is 11.3 Å². The van der Waals surface area contributed by atoms with E-state index >= 15 is 0 Å². The standard InChI is InChI=1S/C16H21N3OS.ClH/c20-16(14-12-21-15-5-2-1-4-13(14)15)18-6-3-9-19-10-7-17-8-11-19;/h1-2,4-5,12,17H,3,6-11H2,(H,18,20);1H. The molecule has 1 amide bonds. The van der Waals surface area contributed by atoms with E-state index in [4.69, 9.17) is 0 Å². The molecule has 0 radical (unpaired) electrons. The number of thiophene rings is 1. The summed E-state index contributed by atoms with van der Waals surface area (Å²) in [5, 5.41) is 9.40. The van der Waals surface area contributed by atoms with Gasteiger partial charge in [0.15, 0.2) is 0 Å². The van der Waals surface area contributed by atoms with Gasteiger partial charge in [0.25, 0.3) is 5.91 Å². The molecule has 6 heteroatoms. The van der Waals surface area contributed by atoms with Gasteiger partial charge in [-0.25, -0.2) is 0 Å². The fourth-order valence-corrected chi connectivity index (χ4v) is 3.63. The average Bonchev–Trinajstić information content (AvgIpc) is 2.96. The molecule has 1 aromatic carbocycles. The molecule has 2 aromatic rings. The molecule has 1 aliphatic rings. The molecule has 2 N–H and O–H groups in total. The van der Waals surface area contributed by atoms with E-state index in [0.717, 1.165) is 56.6 Å². The van der Waals surface area contributed by atoms with Crippen molar-refractivity contribution in [3.63, 3.8) is 0 Å². The molecule has 0 aliphatic carbocycles. The SMILES string of the molecule is Cl.O=C(NCCCN1CCNCC1)c1csc2ccccc12. The Bertz CT molecular complexity index is 610. The van der Waals surface area contributed by atoms with Crippen molar-refractivity contribution in [1.82, 2.24) is 15.5 Å². The van der Waals surface area contributed by atoms with Crippen LogP contribution in [0.4, 0.5) is 0 Å². The molecule has 0 unspecified atom stereocenters. The molecule has 2 heterocycles. The second-order valence-electron chi connectivity index (χ2n) is 5.35. The van der Waals surface area contributed by atoms with Crippen LogP contribution in [-0.2, 0) is 0 Å². The summed E-state index contributed by atoms with van der Waals surface area (Å²) in [6.45, 7) is 6.19. The second kappa shape index (κ2) is 8.48. The van der Waals surface area contributed by atoms with E-state index in [1.807, 2.05) is 23.6 Å². The predicted octanol–water partition coefficient (Wildman–Crippen LogP) is 2.35. The molecule has 120 valence electrons. The highest BCUT2D eigenvalue weighted by molar-refractivity contribution is 7.17. The summed E-state index contributed by atoms with van der Waals surface area (Å²) in [7, 11) is 0. The molecule has 4 nitrogen and oxygen atoms in total. The number of nitrogens with zero attached hydrogens (tertiary/aromatic N) is 1. The van der Waals surface area contributed by atoms with E-state index in [-0.39, 0.29) is 18.3 Å². The first-order valence-corrected chi connectivity index (χ1v) is 8.40. The minimum Gasteiger partial charge on any atom is -0.352 e. The lowest BCUT2D eigenvalue weighted by Crippen LogP contribution is -2.44. The molecule has 1 aromatic heterocycles. The van der Waals surface area contributed by atoms with Crippen molar-refractivity contribution >= 4 is 39.7 Å². The van der Waals surface area contributed by atoms with Crippen LogP contribution in [0, 0.1) is 0 Å². The number of amides is 1. The molecule has 3 rings (SSSR count). The third-order valence-corrected chi connectivity index (χ3v) is 4.84. The smallest absolute Gasteiger partial charge is 0.252 e. The Balaban J connectivity index is 0.00000176. The van der Waals surface area contributed by atoms with Crippen LogP contribution in [0.15, 0.2) is 29.6 Å². The van der Waals surface area contributed by atoms with Crippen molar-refractivity contribution in [2.45, 2.75) is 6.42 Å². The normalized spacial score (nSPS) is 15.5. The van der Waals surface area contributed by atoms with E-state index in [0.29, 0.717) is 0 Å². The van der Waals surface area contributed by atoms with Crippen molar-refractivity contribution in [1.29, 1.82) is 0 Å². The van der Waals surface area contributed by atoms with Crippen LogP contribution < -0.4 is 10.6 Å². The summed E-state index contributed by atoms with van der Waals surface area (Å²) in [6.07, 6.45) is 1.01. The van der Waals surface area contributed by atoms with Crippen molar-refractivity contribution in [2.75, 3.05) is 39.3 Å². The zero-order valence-electron chi connectivity index (χ0n) is 12.5. The van der Waals surface area contributed by atoms with Gasteiger partial charge in [0.1, 0.15) is 0 Å². The highest BCUT2D eigenvalue weighted by atomic mass is 35.5. The van der Waals surface area contributed by atoms with E-state index in [9.17, 15) is 4.79 Å². The van der Waals surface area contributed by atoms with Gasteiger partial charge in [-0.2, -0.15) is 0 Å². The maximum Gasteiger partial charge on any atom is 0.252 e. The highest BCUT2D eigenvalue weighted by Gasteiger charge is 2.12. The van der Waals surface area contributed by atoms with Gasteiger partial charge in [0, 0.05) is 48.2 Å². The summed E-state index contributed by atoms with van der Waals surface area (Å²) >= 11 is 1.63. The van der Waals surface area contributed by atoms with Crippen LogP contribution in [0.3, 0.4) is 0 Å². The number of benzene rings is 1. The fourth-order valence-electron chi connectivity index (χ4n) is 2.69. The molecule has 1 aliphatic heterocycles. The maximum atomic E-state index is 12.2. The van der Waals surface area contributed by atoms with Gasteiger partial charge in [0.2, 0.25) is 0 Å². The summed E-state index contributed by atoms with van der Waals surface area (Å²) in [5.74, 6) is 0.0489. The molecule has 0 saturated carbocycles. The summed E-state index contributed by atoms with van der Waals surface area (Å²) < 4.78 is 1.17. The van der Waals surface area contributed by atoms with Gasteiger partial charge in [-0.15, -0.1) is 23.7 Å². The molecule has 1 saturated heterocycles. The topological polar surface area (TPSA) is 44.4 Å². The van der Waals surface area contributed by atoms with Gasteiger partial charge in [-0.3, -0.25) is 4.79 Å². The van der Waals surface area contributed by atoms with Crippen molar-refractivity contribution in [3.8, 4) is 0 Å². The van der Waals surface area contributed by atoms with Gasteiger partial charge in [-0.1, -0.05) is 18.2 Å². The summed E-state index contributed by atoms with van der Waals surface area (Å²) in [5.41, 5.74) is 0.803. The first-order chi connectivity index (χ1) is 10.3. The van der Waals surface area contributed by atoms with E-state index in [1.165, 1.54) is 4.70 Å². The molecular formula is C16H22ClN3OS. The lowest BCUT2D eigenvalue weighted by molar-refractivity contribution is 0.0953. The lowest BCUT2D eigenvalue weighted by atomic mass is 10.1. The average molecular weight is 340 g/mol. The molecule has 0 atom stereocenters. The van der Waals surface area contributed by atoms with Crippen molar-refractivity contribution in [3.05, 3.63) is 35.2 Å². The fraction of sp³-hybridized carbons (Fsp3) is 0.438. The number of piperazine rings is 1. The predicted molar refractivity (Wildman–Crippen MR) is 95.3 cm³/mol. The van der Waals surface area contributed by atoms with Gasteiger partial charge in [0.05, 0.1) is 5.56 Å². The molecule has 1 fully saturated rings. The number of fused-ring (bicyclic) bond motifs is 1. The quantitative estimate of drug-likeness (QED) is 0.822. The summed E-state index contributed by atoms with van der Waals surface area (Å²) in [4.78, 5) is 14.7. The summed E-state index contributed by atoms with van der Waals surface area (Å²) in [6, 6.07) is 8.06. The molecule has 0 bridgehead atoms. The number of halogens is 1. The van der Waals surface area contributed by atoms with Crippen LogP contribution in [0.1, 0.15) is 16.8 Å². The largest absolute Gasteiger partial charge is 0.352 e. The third-order valence-electron chi connectivity index (χ3n) is 3.87. The van der Waals surface area contributed by atoms with Gasteiger partial charge < -0.3 is 15.5 Å². The van der Waals surface area contributed by atoms with Gasteiger partial charge >= 0.3 is 0 Å². The van der Waals surface area contributed by atoms with E-state index < -0.39 is 0 Å². The van der Waals surface area contributed by atoms with Crippen molar-refractivity contribution in [2.24, 2.45) is 0 Å². The Hall–Kier alpha value is -1.14. The number of carbonyl (C=O) groups excluding carboxylic acids is 1. The number of hydrogen-bond acceptors (Lipinski definition) is 4. The van der Waals surface area contributed by atoms with Crippen LogP contribution >= 0.6 is 23.7 Å². The zero-order valence-corrected chi connectivity index (χ0v) is 14.1. The number of rotatable bonds is 5. The molecule has 22 heavy (non-hydrogen) atoms. The van der Waals surface area contributed by atoms with Crippen LogP contribution in [0.25, 0.3) is 10.1 Å². The Morgan fingerprint density at radius 3 is 2.86 bits per heavy atom.